The molecule has 3 aromatic rings. The summed E-state index contributed by atoms with van der Waals surface area (Å²) in [6, 6.07) is 10.5. The van der Waals surface area contributed by atoms with Gasteiger partial charge in [-0.15, -0.1) is 0 Å². The highest BCUT2D eigenvalue weighted by atomic mass is 16.3. The maximum atomic E-state index is 5.64. The molecule has 3 rings (SSSR count). The summed E-state index contributed by atoms with van der Waals surface area (Å²) in [6.45, 7) is 2.02. The van der Waals surface area contributed by atoms with Crippen molar-refractivity contribution >= 4 is 11.0 Å². The first-order valence-electron chi connectivity index (χ1n) is 6.82. The fourth-order valence-corrected chi connectivity index (χ4v) is 2.70. The number of furan rings is 1. The quantitative estimate of drug-likeness (QED) is 0.792. The van der Waals surface area contributed by atoms with Gasteiger partial charge in [-0.1, -0.05) is 18.2 Å². The molecule has 1 N–H and O–H groups in total. The number of nitrogens with zero attached hydrogens (tertiary/aromatic N) is 2. The van der Waals surface area contributed by atoms with Crippen LogP contribution in [0.4, 0.5) is 0 Å². The van der Waals surface area contributed by atoms with E-state index in [1.807, 2.05) is 50.2 Å². The Labute approximate surface area is 118 Å². The molecule has 4 heteroatoms. The molecule has 0 aliphatic rings. The lowest BCUT2D eigenvalue weighted by molar-refractivity contribution is 0.545. The second kappa shape index (κ2) is 5.13. The van der Waals surface area contributed by atoms with Crippen LogP contribution in [0.25, 0.3) is 11.0 Å². The third kappa shape index (κ3) is 2.23. The average molecular weight is 269 g/mol. The molecule has 104 valence electrons. The Hall–Kier alpha value is -2.07. The average Bonchev–Trinajstić information content (AvgIpc) is 3.00. The van der Waals surface area contributed by atoms with E-state index in [0.29, 0.717) is 0 Å². The van der Waals surface area contributed by atoms with E-state index >= 15 is 0 Å². The highest BCUT2D eigenvalue weighted by molar-refractivity contribution is 5.81. The van der Waals surface area contributed by atoms with Gasteiger partial charge in [-0.05, 0) is 26.1 Å². The van der Waals surface area contributed by atoms with E-state index in [1.165, 1.54) is 16.6 Å². The Morgan fingerprint density at radius 3 is 2.85 bits per heavy atom. The molecule has 2 heterocycles. The molecule has 20 heavy (non-hydrogen) atoms. The van der Waals surface area contributed by atoms with Gasteiger partial charge in [-0.2, -0.15) is 5.10 Å². The van der Waals surface area contributed by atoms with Gasteiger partial charge in [0.05, 0.1) is 12.0 Å². The number of hydrogen-bond acceptors (Lipinski definition) is 3. The Morgan fingerprint density at radius 1 is 1.35 bits per heavy atom. The van der Waals surface area contributed by atoms with Gasteiger partial charge < -0.3 is 9.73 Å². The minimum atomic E-state index is 0.216. The zero-order valence-corrected chi connectivity index (χ0v) is 12.1. The fourth-order valence-electron chi connectivity index (χ4n) is 2.70. The lowest BCUT2D eigenvalue weighted by Crippen LogP contribution is -2.19. The maximum absolute atomic E-state index is 5.64. The van der Waals surface area contributed by atoms with Crippen LogP contribution >= 0.6 is 0 Å². The van der Waals surface area contributed by atoms with Crippen LogP contribution in [0.5, 0.6) is 0 Å². The lowest BCUT2D eigenvalue weighted by Gasteiger charge is -2.15. The molecule has 2 aromatic heterocycles. The molecule has 0 saturated heterocycles. The number of hydrogen-bond donors (Lipinski definition) is 1. The third-order valence-electron chi connectivity index (χ3n) is 3.75. The second-order valence-corrected chi connectivity index (χ2v) is 5.13. The van der Waals surface area contributed by atoms with Crippen molar-refractivity contribution in [2.75, 3.05) is 7.05 Å². The summed E-state index contributed by atoms with van der Waals surface area (Å²) in [7, 11) is 3.97. The van der Waals surface area contributed by atoms with Gasteiger partial charge >= 0.3 is 0 Å². The molecule has 4 nitrogen and oxygen atoms in total. The standard InChI is InChI=1S/C16H19N3O/c1-11-8-12(19(3)18-11)9-15(17-2)14-10-20-16-7-5-4-6-13(14)16/h4-8,10,15,17H,9H2,1-3H3. The van der Waals surface area contributed by atoms with E-state index in [1.54, 1.807) is 0 Å². The molecule has 0 aliphatic carbocycles. The van der Waals surface area contributed by atoms with Crippen LogP contribution in [0.1, 0.15) is 23.0 Å². The van der Waals surface area contributed by atoms with Crippen LogP contribution in [0.2, 0.25) is 0 Å². The second-order valence-electron chi connectivity index (χ2n) is 5.13. The summed E-state index contributed by atoms with van der Waals surface area (Å²) >= 11 is 0. The van der Waals surface area contributed by atoms with Gasteiger partial charge in [-0.3, -0.25) is 4.68 Å². The molecule has 0 radical (unpaired) electrons. The maximum Gasteiger partial charge on any atom is 0.134 e. The van der Waals surface area contributed by atoms with Gasteiger partial charge in [-0.25, -0.2) is 0 Å². The topological polar surface area (TPSA) is 43.0 Å². The van der Waals surface area contributed by atoms with E-state index in [-0.39, 0.29) is 6.04 Å². The van der Waals surface area contributed by atoms with Crippen LogP contribution in [0.3, 0.4) is 0 Å². The van der Waals surface area contributed by atoms with Crippen molar-refractivity contribution in [3.8, 4) is 0 Å². The number of nitrogens with one attached hydrogen (secondary N) is 1. The third-order valence-corrected chi connectivity index (χ3v) is 3.75. The van der Waals surface area contributed by atoms with E-state index in [9.17, 15) is 0 Å². The summed E-state index contributed by atoms with van der Waals surface area (Å²) < 4.78 is 7.59. The summed E-state index contributed by atoms with van der Waals surface area (Å²) in [4.78, 5) is 0. The summed E-state index contributed by atoms with van der Waals surface area (Å²) in [5.74, 6) is 0. The van der Waals surface area contributed by atoms with Crippen molar-refractivity contribution in [1.29, 1.82) is 0 Å². The van der Waals surface area contributed by atoms with Gasteiger partial charge in [0.25, 0.3) is 0 Å². The van der Waals surface area contributed by atoms with Crippen LogP contribution in [-0.2, 0) is 13.5 Å². The number of aromatic nitrogens is 2. The number of benzene rings is 1. The smallest absolute Gasteiger partial charge is 0.134 e. The van der Waals surface area contributed by atoms with E-state index in [2.05, 4.69) is 22.5 Å². The van der Waals surface area contributed by atoms with Crippen molar-refractivity contribution in [2.24, 2.45) is 7.05 Å². The summed E-state index contributed by atoms with van der Waals surface area (Å²) in [6.07, 6.45) is 2.74. The van der Waals surface area contributed by atoms with E-state index in [4.69, 9.17) is 4.42 Å². The molecule has 0 amide bonds. The Kier molecular flexibility index (Phi) is 3.32. The SMILES string of the molecule is CNC(Cc1cc(C)nn1C)c1coc2ccccc12. The number of rotatable bonds is 4. The van der Waals surface area contributed by atoms with Crippen molar-refractivity contribution in [3.05, 3.63) is 53.5 Å². The van der Waals surface area contributed by atoms with Crippen molar-refractivity contribution < 1.29 is 4.42 Å². The van der Waals surface area contributed by atoms with Crippen molar-refractivity contribution in [2.45, 2.75) is 19.4 Å². The minimum absolute atomic E-state index is 0.216. The molecule has 1 atom stereocenters. The lowest BCUT2D eigenvalue weighted by atomic mass is 10.0. The molecular weight excluding hydrogens is 250 g/mol. The highest BCUT2D eigenvalue weighted by Crippen LogP contribution is 2.28. The Bertz CT molecular complexity index is 726. The van der Waals surface area contributed by atoms with Crippen molar-refractivity contribution in [3.63, 3.8) is 0 Å². The fraction of sp³-hybridized carbons (Fsp3) is 0.312. The molecule has 0 fully saturated rings. The number of fused-ring (bicyclic) bond motifs is 1. The highest BCUT2D eigenvalue weighted by Gasteiger charge is 2.17. The summed E-state index contributed by atoms with van der Waals surface area (Å²) in [5.41, 5.74) is 4.40. The number of likely N-dealkylation sites (N-methyl/N-ethyl adjacent to an activating group) is 1. The normalized spacial score (nSPS) is 12.9. The van der Waals surface area contributed by atoms with Crippen LogP contribution < -0.4 is 5.32 Å². The molecule has 0 saturated carbocycles. The molecule has 1 unspecified atom stereocenters. The van der Waals surface area contributed by atoms with Gasteiger partial charge in [0.15, 0.2) is 0 Å². The van der Waals surface area contributed by atoms with Gasteiger partial charge in [0.2, 0.25) is 0 Å². The largest absolute Gasteiger partial charge is 0.464 e. The number of para-hydroxylation sites is 1. The van der Waals surface area contributed by atoms with Crippen LogP contribution in [-0.4, -0.2) is 16.8 Å². The summed E-state index contributed by atoms with van der Waals surface area (Å²) in [5, 5.41) is 8.96. The van der Waals surface area contributed by atoms with Crippen LogP contribution in [0.15, 0.2) is 41.0 Å². The van der Waals surface area contributed by atoms with Crippen molar-refractivity contribution in [1.82, 2.24) is 15.1 Å². The van der Waals surface area contributed by atoms with Gasteiger partial charge in [0.1, 0.15) is 5.58 Å². The van der Waals surface area contributed by atoms with Crippen LogP contribution in [0, 0.1) is 6.92 Å². The Morgan fingerprint density at radius 2 is 2.15 bits per heavy atom. The predicted octanol–water partition coefficient (Wildman–Crippen LogP) is 2.98. The van der Waals surface area contributed by atoms with Gasteiger partial charge in [0, 0.05) is 36.2 Å². The molecular formula is C16H19N3O. The molecule has 0 bridgehead atoms. The first-order valence-corrected chi connectivity index (χ1v) is 6.82. The zero-order valence-electron chi connectivity index (χ0n) is 12.1. The zero-order chi connectivity index (χ0) is 14.1. The monoisotopic (exact) mass is 269 g/mol. The number of aryl methyl sites for hydroxylation is 2. The minimum Gasteiger partial charge on any atom is -0.464 e. The predicted molar refractivity (Wildman–Crippen MR) is 79.7 cm³/mol. The molecule has 1 aromatic carbocycles. The molecule has 0 spiro atoms. The first kappa shape index (κ1) is 12.9. The Balaban J connectivity index is 1.95. The molecule has 0 aliphatic heterocycles. The van der Waals surface area contributed by atoms with E-state index < -0.39 is 0 Å². The first-order chi connectivity index (χ1) is 9.69. The van der Waals surface area contributed by atoms with E-state index in [0.717, 1.165) is 17.7 Å².